The fraction of sp³-hybridized carbons (Fsp3) is 0.412. The molecule has 1 aromatic heterocycles. The summed E-state index contributed by atoms with van der Waals surface area (Å²) in [4.78, 5) is 3.70. The molecule has 0 saturated carbocycles. The van der Waals surface area contributed by atoms with Crippen LogP contribution in [0.4, 0.5) is 5.69 Å². The van der Waals surface area contributed by atoms with Crippen molar-refractivity contribution in [3.05, 3.63) is 50.1 Å². The van der Waals surface area contributed by atoms with E-state index in [0.29, 0.717) is 6.04 Å². The smallest absolute Gasteiger partial charge is 0.0520 e. The normalized spacial score (nSPS) is 11.1. The van der Waals surface area contributed by atoms with Crippen LogP contribution in [0.15, 0.2) is 34.1 Å². The summed E-state index contributed by atoms with van der Waals surface area (Å²) in [6, 6.07) is 9.40. The van der Waals surface area contributed by atoms with E-state index in [-0.39, 0.29) is 0 Å². The van der Waals surface area contributed by atoms with E-state index in [9.17, 15) is 0 Å². The molecular formula is C17H23BrN2S. The summed E-state index contributed by atoms with van der Waals surface area (Å²) >= 11 is 5.32. The van der Waals surface area contributed by atoms with E-state index in [1.165, 1.54) is 26.2 Å². The highest BCUT2D eigenvalue weighted by molar-refractivity contribution is 9.10. The zero-order valence-electron chi connectivity index (χ0n) is 13.1. The van der Waals surface area contributed by atoms with Gasteiger partial charge >= 0.3 is 0 Å². The number of nitrogens with one attached hydrogen (secondary N) is 1. The largest absolute Gasteiger partial charge is 0.369 e. The number of anilines is 1. The lowest BCUT2D eigenvalue weighted by atomic mass is 10.1. The van der Waals surface area contributed by atoms with Crippen LogP contribution in [0.5, 0.6) is 0 Å². The Morgan fingerprint density at radius 1 is 1.29 bits per heavy atom. The Labute approximate surface area is 140 Å². The summed E-state index contributed by atoms with van der Waals surface area (Å²) in [5, 5.41) is 5.66. The van der Waals surface area contributed by atoms with Crippen molar-refractivity contribution < 1.29 is 0 Å². The Morgan fingerprint density at radius 2 is 2.05 bits per heavy atom. The Morgan fingerprint density at radius 3 is 2.67 bits per heavy atom. The molecule has 0 bridgehead atoms. The minimum atomic E-state index is 0.497. The van der Waals surface area contributed by atoms with Gasteiger partial charge in [0.05, 0.1) is 6.54 Å². The molecule has 2 aromatic rings. The minimum Gasteiger partial charge on any atom is -0.369 e. The second kappa shape index (κ2) is 7.43. The molecule has 0 radical (unpaired) electrons. The summed E-state index contributed by atoms with van der Waals surface area (Å²) in [7, 11) is 2.16. The summed E-state index contributed by atoms with van der Waals surface area (Å²) < 4.78 is 1.17. The second-order valence-corrected chi connectivity index (χ2v) is 7.67. The second-order valence-electron chi connectivity index (χ2n) is 5.76. The van der Waals surface area contributed by atoms with Gasteiger partial charge < -0.3 is 10.2 Å². The van der Waals surface area contributed by atoms with Crippen molar-refractivity contribution >= 4 is 33.0 Å². The maximum absolute atomic E-state index is 3.53. The van der Waals surface area contributed by atoms with Gasteiger partial charge in [0, 0.05) is 40.1 Å². The minimum absolute atomic E-state index is 0.497. The Bertz CT molecular complexity index is 592. The molecule has 114 valence electrons. The lowest BCUT2D eigenvalue weighted by Gasteiger charge is -2.23. The van der Waals surface area contributed by atoms with Crippen LogP contribution in [0.1, 0.15) is 29.9 Å². The predicted octanol–water partition coefficient (Wildman–Crippen LogP) is 4.95. The van der Waals surface area contributed by atoms with Crippen molar-refractivity contribution in [1.29, 1.82) is 0 Å². The lowest BCUT2D eigenvalue weighted by Crippen LogP contribution is -2.24. The van der Waals surface area contributed by atoms with Crippen molar-refractivity contribution in [3.8, 4) is 0 Å². The van der Waals surface area contributed by atoms with Gasteiger partial charge in [0.15, 0.2) is 0 Å². The zero-order chi connectivity index (χ0) is 15.4. The van der Waals surface area contributed by atoms with E-state index in [1.807, 2.05) is 0 Å². The Hall–Kier alpha value is -0.840. The molecule has 1 N–H and O–H groups in total. The molecule has 1 heterocycles. The first-order chi connectivity index (χ1) is 9.95. The molecule has 1 aromatic carbocycles. The number of halogens is 1. The molecule has 0 amide bonds. The summed E-state index contributed by atoms with van der Waals surface area (Å²) in [5.74, 6) is 0. The van der Waals surface area contributed by atoms with Crippen molar-refractivity contribution in [1.82, 2.24) is 5.32 Å². The maximum atomic E-state index is 3.53. The van der Waals surface area contributed by atoms with Gasteiger partial charge in [0.25, 0.3) is 0 Å². The van der Waals surface area contributed by atoms with Gasteiger partial charge in [0.1, 0.15) is 0 Å². The fourth-order valence-electron chi connectivity index (χ4n) is 2.30. The number of rotatable bonds is 6. The lowest BCUT2D eigenvalue weighted by molar-refractivity contribution is 0.588. The predicted molar refractivity (Wildman–Crippen MR) is 97.3 cm³/mol. The molecule has 21 heavy (non-hydrogen) atoms. The quantitative estimate of drug-likeness (QED) is 0.777. The van der Waals surface area contributed by atoms with Crippen LogP contribution >= 0.6 is 27.3 Å². The molecule has 0 aliphatic heterocycles. The summed E-state index contributed by atoms with van der Waals surface area (Å²) in [6.45, 7) is 8.37. The molecule has 0 spiro atoms. The van der Waals surface area contributed by atoms with Crippen molar-refractivity contribution in [2.75, 3.05) is 11.9 Å². The Balaban J connectivity index is 2.16. The molecule has 0 fully saturated rings. The van der Waals surface area contributed by atoms with Crippen molar-refractivity contribution in [3.63, 3.8) is 0 Å². The maximum Gasteiger partial charge on any atom is 0.0520 e. The third-order valence-electron chi connectivity index (χ3n) is 3.36. The third-order valence-corrected chi connectivity index (χ3v) is 5.04. The number of nitrogens with zero attached hydrogens (tertiary/aromatic N) is 1. The van der Waals surface area contributed by atoms with Crippen molar-refractivity contribution in [2.24, 2.45) is 0 Å². The number of benzene rings is 1. The molecule has 2 nitrogen and oxygen atoms in total. The van der Waals surface area contributed by atoms with E-state index in [1.54, 1.807) is 11.3 Å². The first-order valence-electron chi connectivity index (χ1n) is 7.22. The molecule has 4 heteroatoms. The van der Waals surface area contributed by atoms with E-state index in [2.05, 4.69) is 83.6 Å². The SMILES string of the molecule is Cc1ccc(N(C)Cc2cc(Br)cs2)c(CNC(C)C)c1. The summed E-state index contributed by atoms with van der Waals surface area (Å²) in [6.07, 6.45) is 0. The first kappa shape index (κ1) is 16.5. The number of hydrogen-bond donors (Lipinski definition) is 1. The van der Waals surface area contributed by atoms with Gasteiger partial charge in [0.2, 0.25) is 0 Å². The van der Waals surface area contributed by atoms with Crippen LogP contribution in [-0.4, -0.2) is 13.1 Å². The molecule has 0 unspecified atom stereocenters. The molecular weight excluding hydrogens is 344 g/mol. The average molecular weight is 367 g/mol. The molecule has 0 atom stereocenters. The van der Waals surface area contributed by atoms with E-state index in [0.717, 1.165) is 13.1 Å². The monoisotopic (exact) mass is 366 g/mol. The number of hydrogen-bond acceptors (Lipinski definition) is 3. The van der Waals surface area contributed by atoms with Gasteiger partial charge in [-0.05, 0) is 40.5 Å². The molecule has 0 aliphatic rings. The zero-order valence-corrected chi connectivity index (χ0v) is 15.5. The standard InChI is InChI=1S/C17H23BrN2S/c1-12(2)19-9-14-7-13(3)5-6-17(14)20(4)10-16-8-15(18)11-21-16/h5-8,11-12,19H,9-10H2,1-4H3. The van der Waals surface area contributed by atoms with Gasteiger partial charge in [-0.1, -0.05) is 31.5 Å². The van der Waals surface area contributed by atoms with E-state index < -0.39 is 0 Å². The third kappa shape index (κ3) is 4.83. The number of thiophene rings is 1. The topological polar surface area (TPSA) is 15.3 Å². The van der Waals surface area contributed by atoms with Gasteiger partial charge in [-0.2, -0.15) is 0 Å². The molecule has 0 saturated heterocycles. The number of aryl methyl sites for hydroxylation is 1. The van der Waals surface area contributed by atoms with E-state index >= 15 is 0 Å². The van der Waals surface area contributed by atoms with Crippen LogP contribution in [0.3, 0.4) is 0 Å². The van der Waals surface area contributed by atoms with Crippen LogP contribution in [0, 0.1) is 6.92 Å². The van der Waals surface area contributed by atoms with Gasteiger partial charge in [-0.3, -0.25) is 0 Å². The van der Waals surface area contributed by atoms with Crippen molar-refractivity contribution in [2.45, 2.75) is 39.9 Å². The van der Waals surface area contributed by atoms with Crippen LogP contribution < -0.4 is 10.2 Å². The molecule has 0 aliphatic carbocycles. The van der Waals surface area contributed by atoms with E-state index in [4.69, 9.17) is 0 Å². The highest BCUT2D eigenvalue weighted by Crippen LogP contribution is 2.26. The fourth-order valence-corrected chi connectivity index (χ4v) is 3.80. The van der Waals surface area contributed by atoms with Gasteiger partial charge in [-0.25, -0.2) is 0 Å². The van der Waals surface area contributed by atoms with Crippen LogP contribution in [0.2, 0.25) is 0 Å². The van der Waals surface area contributed by atoms with Crippen LogP contribution in [0.25, 0.3) is 0 Å². The highest BCUT2D eigenvalue weighted by atomic mass is 79.9. The Kier molecular flexibility index (Phi) is 5.85. The molecule has 2 rings (SSSR count). The summed E-state index contributed by atoms with van der Waals surface area (Å²) in [5.41, 5.74) is 3.98. The highest BCUT2D eigenvalue weighted by Gasteiger charge is 2.10. The first-order valence-corrected chi connectivity index (χ1v) is 8.90. The van der Waals surface area contributed by atoms with Crippen LogP contribution in [-0.2, 0) is 13.1 Å². The van der Waals surface area contributed by atoms with Gasteiger partial charge in [-0.15, -0.1) is 11.3 Å². The average Bonchev–Trinajstić information content (AvgIpc) is 2.81.